The largest absolute Gasteiger partial charge is 0.486 e. The third-order valence-electron chi connectivity index (χ3n) is 1.91. The summed E-state index contributed by atoms with van der Waals surface area (Å²) in [5.41, 5.74) is 6.43. The number of hydrogen-bond donors (Lipinski definition) is 1. The SMILES string of the molecule is Nc1ccccc1OCc1cc(Br)cs1. The normalized spacial score (nSPS) is 10.2. The third kappa shape index (κ3) is 2.73. The fourth-order valence-corrected chi connectivity index (χ4v) is 2.55. The minimum Gasteiger partial charge on any atom is -0.486 e. The number of rotatable bonds is 3. The maximum Gasteiger partial charge on any atom is 0.142 e. The fraction of sp³-hybridized carbons (Fsp3) is 0.0909. The van der Waals surface area contributed by atoms with Crippen molar-refractivity contribution in [3.8, 4) is 5.75 Å². The summed E-state index contributed by atoms with van der Waals surface area (Å²) in [5, 5.41) is 2.03. The maximum absolute atomic E-state index is 5.76. The molecule has 2 N–H and O–H groups in total. The summed E-state index contributed by atoms with van der Waals surface area (Å²) in [4.78, 5) is 1.17. The van der Waals surface area contributed by atoms with Gasteiger partial charge in [0.05, 0.1) is 5.69 Å². The van der Waals surface area contributed by atoms with Crippen LogP contribution in [0.3, 0.4) is 0 Å². The van der Waals surface area contributed by atoms with Crippen LogP contribution < -0.4 is 10.5 Å². The van der Waals surface area contributed by atoms with Crippen LogP contribution in [0.4, 0.5) is 5.69 Å². The molecule has 0 bridgehead atoms. The molecule has 1 aromatic carbocycles. The first-order chi connectivity index (χ1) is 7.25. The van der Waals surface area contributed by atoms with E-state index in [4.69, 9.17) is 10.5 Å². The number of nitrogens with two attached hydrogens (primary N) is 1. The van der Waals surface area contributed by atoms with Gasteiger partial charge in [-0.05, 0) is 34.1 Å². The monoisotopic (exact) mass is 283 g/mol. The Balaban J connectivity index is 2.02. The zero-order valence-electron chi connectivity index (χ0n) is 7.94. The highest BCUT2D eigenvalue weighted by atomic mass is 79.9. The van der Waals surface area contributed by atoms with Crippen LogP contribution in [0.25, 0.3) is 0 Å². The first-order valence-corrected chi connectivity index (χ1v) is 6.13. The molecule has 78 valence electrons. The van der Waals surface area contributed by atoms with Gasteiger partial charge < -0.3 is 10.5 Å². The zero-order chi connectivity index (χ0) is 10.7. The van der Waals surface area contributed by atoms with Crippen LogP contribution in [-0.4, -0.2) is 0 Å². The molecule has 1 heterocycles. The molecule has 0 aliphatic heterocycles. The van der Waals surface area contributed by atoms with E-state index < -0.39 is 0 Å². The van der Waals surface area contributed by atoms with Gasteiger partial charge in [-0.15, -0.1) is 11.3 Å². The van der Waals surface area contributed by atoms with Crippen LogP contribution in [-0.2, 0) is 6.61 Å². The van der Waals surface area contributed by atoms with Crippen LogP contribution in [0.15, 0.2) is 40.2 Å². The topological polar surface area (TPSA) is 35.2 Å². The fourth-order valence-electron chi connectivity index (χ4n) is 1.19. The molecule has 0 amide bonds. The summed E-state index contributed by atoms with van der Waals surface area (Å²) in [6, 6.07) is 9.56. The van der Waals surface area contributed by atoms with Gasteiger partial charge in [0.2, 0.25) is 0 Å². The number of anilines is 1. The predicted molar refractivity (Wildman–Crippen MR) is 67.2 cm³/mol. The lowest BCUT2D eigenvalue weighted by molar-refractivity contribution is 0.311. The van der Waals surface area contributed by atoms with Crippen molar-refractivity contribution >= 4 is 33.0 Å². The van der Waals surface area contributed by atoms with Gasteiger partial charge in [-0.3, -0.25) is 0 Å². The lowest BCUT2D eigenvalue weighted by Gasteiger charge is -2.06. The van der Waals surface area contributed by atoms with Crippen molar-refractivity contribution in [3.05, 3.63) is 45.1 Å². The van der Waals surface area contributed by atoms with Gasteiger partial charge in [0, 0.05) is 14.7 Å². The smallest absolute Gasteiger partial charge is 0.142 e. The second-order valence-electron chi connectivity index (χ2n) is 3.06. The van der Waals surface area contributed by atoms with E-state index in [1.54, 1.807) is 11.3 Å². The molecule has 1 aromatic heterocycles. The Labute approximate surface area is 101 Å². The van der Waals surface area contributed by atoms with E-state index in [1.165, 1.54) is 4.88 Å². The summed E-state index contributed by atoms with van der Waals surface area (Å²) >= 11 is 5.06. The lowest BCUT2D eigenvalue weighted by Crippen LogP contribution is -1.96. The third-order valence-corrected chi connectivity index (χ3v) is 3.58. The Bertz CT molecular complexity index is 455. The molecule has 0 radical (unpaired) electrons. The van der Waals surface area contributed by atoms with E-state index in [0.29, 0.717) is 12.3 Å². The van der Waals surface area contributed by atoms with E-state index in [-0.39, 0.29) is 0 Å². The van der Waals surface area contributed by atoms with Crippen molar-refractivity contribution in [1.29, 1.82) is 0 Å². The molecule has 0 saturated carbocycles. The number of thiophene rings is 1. The average Bonchev–Trinajstić information content (AvgIpc) is 2.63. The summed E-state index contributed by atoms with van der Waals surface area (Å²) in [6.07, 6.45) is 0. The molecule has 0 spiro atoms. The van der Waals surface area contributed by atoms with Gasteiger partial charge in [-0.25, -0.2) is 0 Å². The summed E-state index contributed by atoms with van der Waals surface area (Å²) in [7, 11) is 0. The van der Waals surface area contributed by atoms with Crippen LogP contribution in [0, 0.1) is 0 Å². The molecule has 0 aliphatic carbocycles. The average molecular weight is 284 g/mol. The molecule has 0 fully saturated rings. The summed E-state index contributed by atoms with van der Waals surface area (Å²) in [5.74, 6) is 0.738. The first kappa shape index (κ1) is 10.5. The van der Waals surface area contributed by atoms with Crippen molar-refractivity contribution in [3.63, 3.8) is 0 Å². The highest BCUT2D eigenvalue weighted by molar-refractivity contribution is 9.10. The Kier molecular flexibility index (Phi) is 3.28. The van der Waals surface area contributed by atoms with Gasteiger partial charge >= 0.3 is 0 Å². The Morgan fingerprint density at radius 3 is 2.80 bits per heavy atom. The number of nitrogen functional groups attached to an aromatic ring is 1. The molecular weight excluding hydrogens is 274 g/mol. The van der Waals surface area contributed by atoms with Crippen LogP contribution in [0.1, 0.15) is 4.88 Å². The Hall–Kier alpha value is -1.000. The molecule has 15 heavy (non-hydrogen) atoms. The van der Waals surface area contributed by atoms with Gasteiger partial charge in [0.15, 0.2) is 0 Å². The van der Waals surface area contributed by atoms with E-state index in [0.717, 1.165) is 10.2 Å². The minimum atomic E-state index is 0.560. The molecule has 0 atom stereocenters. The molecule has 2 nitrogen and oxygen atoms in total. The second-order valence-corrected chi connectivity index (χ2v) is 4.97. The number of ether oxygens (including phenoxy) is 1. The van der Waals surface area contributed by atoms with Crippen LogP contribution >= 0.6 is 27.3 Å². The highest BCUT2D eigenvalue weighted by Crippen LogP contribution is 2.24. The molecule has 4 heteroatoms. The van der Waals surface area contributed by atoms with Gasteiger partial charge in [-0.2, -0.15) is 0 Å². The standard InChI is InChI=1S/C11H10BrNOS/c12-8-5-9(15-7-8)6-14-11-4-2-1-3-10(11)13/h1-5,7H,6,13H2. The van der Waals surface area contributed by atoms with E-state index in [1.807, 2.05) is 35.7 Å². The van der Waals surface area contributed by atoms with E-state index >= 15 is 0 Å². The second kappa shape index (κ2) is 4.68. The maximum atomic E-state index is 5.76. The zero-order valence-corrected chi connectivity index (χ0v) is 10.3. The summed E-state index contributed by atoms with van der Waals surface area (Å²) < 4.78 is 6.69. The molecule has 0 unspecified atom stereocenters. The summed E-state index contributed by atoms with van der Waals surface area (Å²) in [6.45, 7) is 0.560. The van der Waals surface area contributed by atoms with Crippen LogP contribution in [0.5, 0.6) is 5.75 Å². The van der Waals surface area contributed by atoms with Crippen molar-refractivity contribution in [2.75, 3.05) is 5.73 Å². The minimum absolute atomic E-state index is 0.560. The van der Waals surface area contributed by atoms with Gasteiger partial charge in [-0.1, -0.05) is 12.1 Å². The van der Waals surface area contributed by atoms with Gasteiger partial charge in [0.25, 0.3) is 0 Å². The van der Waals surface area contributed by atoms with Crippen molar-refractivity contribution in [1.82, 2.24) is 0 Å². The van der Waals surface area contributed by atoms with Crippen molar-refractivity contribution in [2.45, 2.75) is 6.61 Å². The van der Waals surface area contributed by atoms with E-state index in [9.17, 15) is 0 Å². The van der Waals surface area contributed by atoms with Gasteiger partial charge in [0.1, 0.15) is 12.4 Å². The lowest BCUT2D eigenvalue weighted by atomic mass is 10.3. The molecule has 2 rings (SSSR count). The molecule has 2 aromatic rings. The molecular formula is C11H10BrNOS. The first-order valence-electron chi connectivity index (χ1n) is 4.46. The number of para-hydroxylation sites is 2. The van der Waals surface area contributed by atoms with E-state index in [2.05, 4.69) is 15.9 Å². The Morgan fingerprint density at radius 2 is 2.13 bits per heavy atom. The molecule has 0 aliphatic rings. The quantitative estimate of drug-likeness (QED) is 0.873. The highest BCUT2D eigenvalue weighted by Gasteiger charge is 2.01. The molecule has 0 saturated heterocycles. The van der Waals surface area contributed by atoms with Crippen molar-refractivity contribution < 1.29 is 4.74 Å². The number of halogens is 1. The Morgan fingerprint density at radius 1 is 1.33 bits per heavy atom. The van der Waals surface area contributed by atoms with Crippen molar-refractivity contribution in [2.24, 2.45) is 0 Å². The number of hydrogen-bond acceptors (Lipinski definition) is 3. The number of benzene rings is 1. The van der Waals surface area contributed by atoms with Crippen LogP contribution in [0.2, 0.25) is 0 Å². The predicted octanol–water partition coefficient (Wildman–Crippen LogP) is 3.67.